The zero-order chi connectivity index (χ0) is 12.0. The van der Waals surface area contributed by atoms with E-state index in [-0.39, 0.29) is 14.0 Å². The van der Waals surface area contributed by atoms with E-state index in [0.29, 0.717) is 5.56 Å². The van der Waals surface area contributed by atoms with Crippen LogP contribution < -0.4 is 0 Å². The zero-order valence-electron chi connectivity index (χ0n) is 8.94. The van der Waals surface area contributed by atoms with Crippen LogP contribution in [-0.2, 0) is 0 Å². The van der Waals surface area contributed by atoms with E-state index in [2.05, 4.69) is 0 Å². The Morgan fingerprint density at radius 3 is 2.00 bits per heavy atom. The highest BCUT2D eigenvalue weighted by Crippen LogP contribution is 2.13. The van der Waals surface area contributed by atoms with E-state index in [0.717, 1.165) is 0 Å². The summed E-state index contributed by atoms with van der Waals surface area (Å²) in [5.41, 5.74) is 0.134. The summed E-state index contributed by atoms with van der Waals surface area (Å²) in [5, 5.41) is 17.4. The Hall–Kier alpha value is -1.84. The number of hydrogen-bond donors (Lipinski definition) is 2. The van der Waals surface area contributed by atoms with Crippen molar-refractivity contribution in [1.29, 1.82) is 0 Å². The fraction of sp³-hybridized carbons (Fsp3) is 0.273. The lowest BCUT2D eigenvalue weighted by Gasteiger charge is -2.03. The van der Waals surface area contributed by atoms with Crippen molar-refractivity contribution < 1.29 is 22.7 Å². The molecule has 2 N–H and O–H groups in total. The first-order valence-corrected chi connectivity index (χ1v) is 4.60. The van der Waals surface area contributed by atoms with Crippen LogP contribution in [0, 0.1) is 6.92 Å². The van der Waals surface area contributed by atoms with Crippen LogP contribution in [0.1, 0.15) is 43.0 Å². The van der Waals surface area contributed by atoms with Crippen LogP contribution in [0.5, 0.6) is 0 Å². The molecule has 0 spiro atoms. The highest BCUT2D eigenvalue weighted by atomic mass is 16.4. The van der Waals surface area contributed by atoms with E-state index >= 15 is 0 Å². The number of aromatic carboxylic acids is 2. The van der Waals surface area contributed by atoms with Gasteiger partial charge < -0.3 is 10.2 Å². The number of carbonyl (C=O) groups is 2. The predicted molar refractivity (Wildman–Crippen MR) is 60.7 cm³/mol. The monoisotopic (exact) mass is 214 g/mol. The minimum atomic E-state index is -1.22. The minimum absolute atomic E-state index is 0. The van der Waals surface area contributed by atoms with Crippen LogP contribution in [0.3, 0.4) is 0 Å². The molecule has 0 unspecified atom stereocenters. The molecule has 0 aliphatic carbocycles. The molecule has 1 rings (SSSR count). The highest BCUT2D eigenvalue weighted by molar-refractivity contribution is 6.02. The van der Waals surface area contributed by atoms with Gasteiger partial charge in [-0.05, 0) is 18.6 Å². The molecule has 0 aliphatic rings. The fourth-order valence-electron chi connectivity index (χ4n) is 1.13. The molecule has 0 fully saturated rings. The molecule has 1 aromatic rings. The third-order valence-electron chi connectivity index (χ3n) is 1.72. The molecule has 0 aromatic heterocycles. The van der Waals surface area contributed by atoms with Gasteiger partial charge in [0, 0.05) is 2.85 Å². The Labute approximate surface area is 91.1 Å². The summed E-state index contributed by atoms with van der Waals surface area (Å²) >= 11 is 0. The van der Waals surface area contributed by atoms with Gasteiger partial charge in [0.15, 0.2) is 0 Å². The number of aryl methyl sites for hydroxylation is 1. The Kier molecular flexibility index (Phi) is 5.09. The third kappa shape index (κ3) is 3.09. The van der Waals surface area contributed by atoms with Crippen LogP contribution in [0.2, 0.25) is 0 Å². The van der Waals surface area contributed by atoms with E-state index < -0.39 is 11.9 Å². The van der Waals surface area contributed by atoms with Gasteiger partial charge in [0.05, 0.1) is 11.1 Å². The van der Waals surface area contributed by atoms with Gasteiger partial charge >= 0.3 is 11.9 Å². The summed E-state index contributed by atoms with van der Waals surface area (Å²) in [6, 6.07) is 4.36. The molecule has 4 heteroatoms. The lowest BCUT2D eigenvalue weighted by Crippen LogP contribution is -2.09. The first-order valence-electron chi connectivity index (χ1n) is 4.60. The van der Waals surface area contributed by atoms with E-state index in [1.165, 1.54) is 12.1 Å². The number of hydrogen-bond acceptors (Lipinski definition) is 2. The van der Waals surface area contributed by atoms with Crippen molar-refractivity contribution in [3.8, 4) is 0 Å². The van der Waals surface area contributed by atoms with Crippen molar-refractivity contribution in [2.45, 2.75) is 20.8 Å². The molecule has 1 aromatic carbocycles. The summed E-state index contributed by atoms with van der Waals surface area (Å²) in [5.74, 6) is -2.43. The summed E-state index contributed by atoms with van der Waals surface area (Å²) in [4.78, 5) is 21.3. The van der Waals surface area contributed by atoms with Crippen LogP contribution in [-0.4, -0.2) is 22.2 Å². The van der Waals surface area contributed by atoms with Crippen LogP contribution >= 0.6 is 0 Å². The van der Waals surface area contributed by atoms with Gasteiger partial charge in [0.1, 0.15) is 0 Å². The molecule has 86 valence electrons. The van der Waals surface area contributed by atoms with Gasteiger partial charge in [-0.15, -0.1) is 0 Å². The van der Waals surface area contributed by atoms with E-state index in [9.17, 15) is 9.59 Å². The molecular weight excluding hydrogens is 196 g/mol. The molecule has 0 amide bonds. The zero-order valence-corrected chi connectivity index (χ0v) is 8.94. The third-order valence-corrected chi connectivity index (χ3v) is 1.72. The molecule has 4 nitrogen and oxygen atoms in total. The Morgan fingerprint density at radius 1 is 1.13 bits per heavy atom. The van der Waals surface area contributed by atoms with Gasteiger partial charge in [-0.1, -0.05) is 26.0 Å². The molecule has 0 bridgehead atoms. The van der Waals surface area contributed by atoms with Gasteiger partial charge in [0.25, 0.3) is 0 Å². The number of rotatable bonds is 2. The quantitative estimate of drug-likeness (QED) is 0.793. The first kappa shape index (κ1) is 13.2. The van der Waals surface area contributed by atoms with Crippen molar-refractivity contribution in [3.63, 3.8) is 0 Å². The van der Waals surface area contributed by atoms with Crippen molar-refractivity contribution in [3.05, 3.63) is 34.9 Å². The fourth-order valence-corrected chi connectivity index (χ4v) is 1.13. The molecule has 0 saturated heterocycles. The van der Waals surface area contributed by atoms with Crippen LogP contribution in [0.25, 0.3) is 0 Å². The normalized spacial score (nSPS) is 8.73. The maximum absolute atomic E-state index is 10.7. The maximum atomic E-state index is 10.7. The van der Waals surface area contributed by atoms with E-state index in [4.69, 9.17) is 10.2 Å². The second-order valence-electron chi connectivity index (χ2n) is 2.61. The summed E-state index contributed by atoms with van der Waals surface area (Å²) in [6.07, 6.45) is 0. The van der Waals surface area contributed by atoms with E-state index in [1.807, 2.05) is 13.8 Å². The first-order chi connectivity index (χ1) is 7.04. The lowest BCUT2D eigenvalue weighted by atomic mass is 10.0. The van der Waals surface area contributed by atoms with Gasteiger partial charge in [0.2, 0.25) is 0 Å². The molecule has 0 atom stereocenters. The number of carboxylic acid groups (broad SMARTS) is 2. The number of carboxylic acids is 2. The molecular formula is C11H18O4. The number of benzene rings is 1. The summed E-state index contributed by atoms with van der Waals surface area (Å²) in [6.45, 7) is 5.57. The molecule has 0 aliphatic heterocycles. The second kappa shape index (κ2) is 5.80. The largest absolute Gasteiger partial charge is 0.478 e. The van der Waals surface area contributed by atoms with Gasteiger partial charge in [-0.2, -0.15) is 0 Å². The van der Waals surface area contributed by atoms with Crippen molar-refractivity contribution >= 4 is 11.9 Å². The molecule has 0 radical (unpaired) electrons. The molecule has 0 saturated carbocycles. The molecule has 0 heterocycles. The predicted octanol–water partition coefficient (Wildman–Crippen LogP) is 2.91. The summed E-state index contributed by atoms with van der Waals surface area (Å²) < 4.78 is 0. The smallest absolute Gasteiger partial charge is 0.336 e. The van der Waals surface area contributed by atoms with Crippen molar-refractivity contribution in [2.75, 3.05) is 0 Å². The second-order valence-corrected chi connectivity index (χ2v) is 2.61. The van der Waals surface area contributed by atoms with Crippen molar-refractivity contribution in [2.24, 2.45) is 0 Å². The average molecular weight is 214 g/mol. The topological polar surface area (TPSA) is 74.6 Å². The standard InChI is InChI=1S/C9H8O4.C2H6.2H2/c1-5-3-2-4-6(8(10)11)7(5)9(12)13;1-2;;/h2-4H,1H3,(H,10,11)(H,12,13);1-2H3;2*1H. The Balaban J connectivity index is -0.000000464. The highest BCUT2D eigenvalue weighted by Gasteiger charge is 2.17. The Morgan fingerprint density at radius 2 is 1.67 bits per heavy atom. The lowest BCUT2D eigenvalue weighted by molar-refractivity contribution is 0.0651. The van der Waals surface area contributed by atoms with Crippen LogP contribution in [0.15, 0.2) is 18.2 Å². The SMILES string of the molecule is CC.Cc1cccc(C(=O)O)c1C(=O)O.[HH].[HH]. The van der Waals surface area contributed by atoms with Crippen LogP contribution in [0.4, 0.5) is 0 Å². The van der Waals surface area contributed by atoms with E-state index in [1.54, 1.807) is 13.0 Å². The minimum Gasteiger partial charge on any atom is -0.478 e. The molecule has 15 heavy (non-hydrogen) atoms. The Bertz CT molecular complexity index is 378. The maximum Gasteiger partial charge on any atom is 0.336 e. The van der Waals surface area contributed by atoms with Crippen molar-refractivity contribution in [1.82, 2.24) is 0 Å². The van der Waals surface area contributed by atoms with Gasteiger partial charge in [-0.3, -0.25) is 0 Å². The van der Waals surface area contributed by atoms with Gasteiger partial charge in [-0.25, -0.2) is 9.59 Å². The average Bonchev–Trinajstić information content (AvgIpc) is 2.19. The summed E-state index contributed by atoms with van der Waals surface area (Å²) in [7, 11) is 0.